The number of halogens is 4. The highest BCUT2D eigenvalue weighted by molar-refractivity contribution is 7.89. The predicted octanol–water partition coefficient (Wildman–Crippen LogP) is 6.55. The first-order valence-electron chi connectivity index (χ1n) is 16.2. The number of carbonyl (C=O) groups is 1. The summed E-state index contributed by atoms with van der Waals surface area (Å²) in [5.74, 6) is 2.54. The molecule has 0 amide bonds. The first-order valence-corrected chi connectivity index (χ1v) is 17.6. The van der Waals surface area contributed by atoms with Crippen LogP contribution in [0.25, 0.3) is 0 Å². The number of piperazine rings is 1. The molecule has 4 aliphatic carbocycles. The number of carbonyl (C=O) groups excluding carboxylic acids is 1. The van der Waals surface area contributed by atoms with Crippen LogP contribution in [-0.2, 0) is 21.0 Å². The fraction of sp³-hybridized carbons (Fsp3) is 0.788. The number of β-amino-alcohol motifs (C(OH)–C–C–N with tert-alkyl or cyclic N) is 1. The van der Waals surface area contributed by atoms with Gasteiger partial charge in [0.2, 0.25) is 10.0 Å². The first kappa shape index (κ1) is 34.1. The van der Waals surface area contributed by atoms with E-state index in [9.17, 15) is 31.5 Å². The number of rotatable bonds is 4. The van der Waals surface area contributed by atoms with Gasteiger partial charge in [-0.15, -0.1) is 12.4 Å². The summed E-state index contributed by atoms with van der Waals surface area (Å²) in [6.07, 6.45) is 3.59. The molecule has 9 atom stereocenters. The summed E-state index contributed by atoms with van der Waals surface area (Å²) >= 11 is 0. The zero-order valence-corrected chi connectivity index (χ0v) is 27.9. The summed E-state index contributed by atoms with van der Waals surface area (Å²) < 4.78 is 69.3. The van der Waals surface area contributed by atoms with Gasteiger partial charge in [0.25, 0.3) is 0 Å². The average molecular weight is 661 g/mol. The molecule has 5 aliphatic rings. The van der Waals surface area contributed by atoms with Crippen molar-refractivity contribution in [2.24, 2.45) is 34.5 Å². The molecule has 1 heterocycles. The molecule has 1 N–H and O–H groups in total. The number of fused-ring (bicyclic) bond motifs is 5. The molecule has 0 bridgehead atoms. The zero-order valence-electron chi connectivity index (χ0n) is 26.3. The third kappa shape index (κ3) is 5.46. The van der Waals surface area contributed by atoms with E-state index < -0.39 is 38.3 Å². The summed E-state index contributed by atoms with van der Waals surface area (Å²) in [6, 6.07) is 3.58. The molecule has 1 aliphatic heterocycles. The molecule has 5 fully saturated rings. The molecule has 2 unspecified atom stereocenters. The standard InChI is InChI=1S/C33H47F3N2O4S.ClH/c1-21-19-38(43(41,42)28-8-6-5-7-27(28)33(34,35)36)22(2)18-37(21)20-32(40)16-15-30(3)23(17-32)9-10-24-25-11-12-29(39)31(25,4)14-13-26(24)30;/h5-8,21-26,40H,9-20H2,1-4H3;1H/t21?,22?,23-,24-,25-,26-,30-,31-,32+;/m0./s1. The van der Waals surface area contributed by atoms with Gasteiger partial charge in [0.1, 0.15) is 5.78 Å². The molecule has 1 aromatic carbocycles. The molecule has 44 heavy (non-hydrogen) atoms. The molecular weight excluding hydrogens is 613 g/mol. The Morgan fingerprint density at radius 2 is 1.66 bits per heavy atom. The van der Waals surface area contributed by atoms with Crippen LogP contribution in [0.5, 0.6) is 0 Å². The Morgan fingerprint density at radius 1 is 0.955 bits per heavy atom. The van der Waals surface area contributed by atoms with Gasteiger partial charge >= 0.3 is 6.18 Å². The van der Waals surface area contributed by atoms with Gasteiger partial charge in [-0.1, -0.05) is 26.0 Å². The van der Waals surface area contributed by atoms with Crippen LogP contribution in [0.3, 0.4) is 0 Å². The minimum Gasteiger partial charge on any atom is -0.389 e. The van der Waals surface area contributed by atoms with Crippen molar-refractivity contribution in [3.63, 3.8) is 0 Å². The minimum atomic E-state index is -4.77. The highest BCUT2D eigenvalue weighted by Gasteiger charge is 2.61. The number of ketones is 1. The lowest BCUT2D eigenvalue weighted by Crippen LogP contribution is -2.62. The Kier molecular flexibility index (Phi) is 8.92. The van der Waals surface area contributed by atoms with Crippen LogP contribution in [0.2, 0.25) is 0 Å². The van der Waals surface area contributed by atoms with Crippen LogP contribution < -0.4 is 0 Å². The van der Waals surface area contributed by atoms with E-state index in [4.69, 9.17) is 0 Å². The molecular formula is C33H48ClF3N2O4S. The predicted molar refractivity (Wildman–Crippen MR) is 165 cm³/mol. The number of alkyl halides is 3. The molecule has 6 nitrogen and oxygen atoms in total. The second-order valence-corrected chi connectivity index (χ2v) is 17.1. The van der Waals surface area contributed by atoms with Gasteiger partial charge < -0.3 is 5.11 Å². The lowest BCUT2D eigenvalue weighted by molar-refractivity contribution is -0.159. The number of sulfonamides is 1. The minimum absolute atomic E-state index is 0. The van der Waals surface area contributed by atoms with Gasteiger partial charge in [0.05, 0.1) is 16.1 Å². The summed E-state index contributed by atoms with van der Waals surface area (Å²) in [6.45, 7) is 9.11. The Balaban J connectivity index is 0.00000384. The number of nitrogens with zero attached hydrogens (tertiary/aromatic N) is 2. The van der Waals surface area contributed by atoms with Crippen LogP contribution in [0.4, 0.5) is 13.2 Å². The van der Waals surface area contributed by atoms with Crippen molar-refractivity contribution in [2.45, 2.75) is 114 Å². The van der Waals surface area contributed by atoms with Gasteiger partial charge in [-0.3, -0.25) is 9.69 Å². The third-order valence-corrected chi connectivity index (χ3v) is 14.9. The average Bonchev–Trinajstić information content (AvgIpc) is 3.24. The molecule has 0 radical (unpaired) electrons. The lowest BCUT2D eigenvalue weighted by Gasteiger charge is -2.61. The maximum atomic E-state index is 13.7. The van der Waals surface area contributed by atoms with Crippen molar-refractivity contribution >= 4 is 28.2 Å². The highest BCUT2D eigenvalue weighted by Crippen LogP contribution is 2.66. The van der Waals surface area contributed by atoms with E-state index in [1.165, 1.54) is 16.4 Å². The van der Waals surface area contributed by atoms with Crippen LogP contribution in [0.15, 0.2) is 29.2 Å². The maximum absolute atomic E-state index is 13.7. The number of benzene rings is 1. The van der Waals surface area contributed by atoms with Crippen LogP contribution >= 0.6 is 12.4 Å². The maximum Gasteiger partial charge on any atom is 0.417 e. The topological polar surface area (TPSA) is 77.9 Å². The number of hydrogen-bond acceptors (Lipinski definition) is 5. The Hall–Kier alpha value is -1.20. The van der Waals surface area contributed by atoms with Crippen molar-refractivity contribution in [2.75, 3.05) is 19.6 Å². The van der Waals surface area contributed by atoms with Gasteiger partial charge in [0, 0.05) is 43.6 Å². The number of Topliss-reactive ketones (excluding diaryl/α,β-unsaturated/α-hetero) is 1. The summed E-state index contributed by atoms with van der Waals surface area (Å²) in [5, 5.41) is 12.0. The number of aliphatic hydroxyl groups is 1. The fourth-order valence-corrected chi connectivity index (χ4v) is 12.3. The van der Waals surface area contributed by atoms with Crippen LogP contribution in [-0.4, -0.2) is 65.8 Å². The Morgan fingerprint density at radius 3 is 2.36 bits per heavy atom. The van der Waals surface area contributed by atoms with Crippen molar-refractivity contribution in [3.05, 3.63) is 29.8 Å². The van der Waals surface area contributed by atoms with E-state index in [1.54, 1.807) is 6.92 Å². The molecule has 0 aromatic heterocycles. The molecule has 6 rings (SSSR count). The van der Waals surface area contributed by atoms with Crippen LogP contribution in [0.1, 0.15) is 91.0 Å². The Bertz CT molecular complexity index is 1380. The fourth-order valence-electron chi connectivity index (χ4n) is 10.4. The molecule has 1 saturated heterocycles. The zero-order chi connectivity index (χ0) is 31.2. The quantitative estimate of drug-likeness (QED) is 0.396. The number of hydrogen-bond donors (Lipinski definition) is 1. The van der Waals surface area contributed by atoms with Crippen molar-refractivity contribution in [3.8, 4) is 0 Å². The van der Waals surface area contributed by atoms with E-state index in [0.717, 1.165) is 57.1 Å². The normalized spacial score (nSPS) is 41.8. The summed E-state index contributed by atoms with van der Waals surface area (Å²) in [5.41, 5.74) is -2.02. The van der Waals surface area contributed by atoms with E-state index in [1.807, 2.05) is 6.92 Å². The third-order valence-electron chi connectivity index (χ3n) is 12.9. The largest absolute Gasteiger partial charge is 0.417 e. The first-order chi connectivity index (χ1) is 20.0. The second-order valence-electron chi connectivity index (χ2n) is 15.2. The van der Waals surface area contributed by atoms with Crippen molar-refractivity contribution in [1.82, 2.24) is 9.21 Å². The van der Waals surface area contributed by atoms with Crippen LogP contribution in [0, 0.1) is 34.5 Å². The molecule has 248 valence electrons. The Labute approximate surface area is 266 Å². The van der Waals surface area contributed by atoms with Gasteiger partial charge in [-0.25, -0.2) is 8.42 Å². The monoisotopic (exact) mass is 660 g/mol. The molecule has 1 aromatic rings. The summed E-state index contributed by atoms with van der Waals surface area (Å²) in [7, 11) is -4.38. The molecule has 4 saturated carbocycles. The van der Waals surface area contributed by atoms with Crippen molar-refractivity contribution < 1.29 is 31.5 Å². The molecule has 11 heteroatoms. The van der Waals surface area contributed by atoms with Crippen molar-refractivity contribution in [1.29, 1.82) is 0 Å². The highest BCUT2D eigenvalue weighted by atomic mass is 35.5. The SMILES string of the molecule is CC1CN(S(=O)(=O)c2ccccc2C(F)(F)F)C(C)CN1C[C@@]1(O)CC[C@@]2(C)[C@@H](CC[C@@H]3[C@@H]2CC[C@]2(C)C(=O)CC[C@@H]32)C1.Cl. The van der Waals surface area contributed by atoms with Gasteiger partial charge in [-0.05, 0) is 106 Å². The van der Waals surface area contributed by atoms with E-state index in [0.29, 0.717) is 55.4 Å². The lowest BCUT2D eigenvalue weighted by atomic mass is 9.44. The van der Waals surface area contributed by atoms with E-state index in [2.05, 4.69) is 18.7 Å². The molecule has 0 spiro atoms. The summed E-state index contributed by atoms with van der Waals surface area (Å²) in [4.78, 5) is 14.2. The van der Waals surface area contributed by atoms with Gasteiger partial charge in [-0.2, -0.15) is 17.5 Å². The second kappa shape index (κ2) is 11.5. The van der Waals surface area contributed by atoms with E-state index in [-0.39, 0.29) is 35.8 Å². The van der Waals surface area contributed by atoms with E-state index >= 15 is 0 Å². The smallest absolute Gasteiger partial charge is 0.389 e. The van der Waals surface area contributed by atoms with Gasteiger partial charge in [0.15, 0.2) is 0 Å².